The molecule has 0 saturated carbocycles. The van der Waals surface area contributed by atoms with Gasteiger partial charge in [-0.05, 0) is 97.8 Å². The highest BCUT2D eigenvalue weighted by Crippen LogP contribution is 2.52. The Kier molecular flexibility index (Phi) is 15.1. The van der Waals surface area contributed by atoms with Gasteiger partial charge in [0.25, 0.3) is 32.1 Å². The minimum absolute atomic E-state index is 0.00760. The van der Waals surface area contributed by atoms with Gasteiger partial charge in [-0.2, -0.15) is 21.4 Å². The number of hydroxylamine groups is 2. The number of nitrogens with zero attached hydrogens (tertiary/aromatic N) is 3. The summed E-state index contributed by atoms with van der Waals surface area (Å²) in [6, 6.07) is 12.6. The van der Waals surface area contributed by atoms with E-state index >= 15 is 0 Å². The largest absolute Gasteiger partial charge is 0.344 e. The second kappa shape index (κ2) is 20.1. The molecule has 4 N–H and O–H groups in total. The van der Waals surface area contributed by atoms with Crippen molar-refractivity contribution in [2.75, 3.05) is 18.0 Å². The third-order valence-electron chi connectivity index (χ3n) is 12.2. The Morgan fingerprint density at radius 3 is 2.12 bits per heavy atom. The fourth-order valence-corrected chi connectivity index (χ4v) is 11.7. The second-order valence-electron chi connectivity index (χ2n) is 17.0. The van der Waals surface area contributed by atoms with Crippen LogP contribution in [-0.4, -0.2) is 82.7 Å². The summed E-state index contributed by atoms with van der Waals surface area (Å²) in [4.78, 5) is 43.2. The molecule has 0 spiro atoms. The van der Waals surface area contributed by atoms with Crippen LogP contribution in [0.1, 0.15) is 84.3 Å². The van der Waals surface area contributed by atoms with E-state index in [4.69, 9.17) is 19.7 Å². The molecular weight excluding hydrogens is 967 g/mol. The van der Waals surface area contributed by atoms with Crippen LogP contribution in [0.15, 0.2) is 104 Å². The first kappa shape index (κ1) is 50.8. The summed E-state index contributed by atoms with van der Waals surface area (Å²) in [6.45, 7) is 11.0. The molecule has 0 atom stereocenters. The fourth-order valence-electron chi connectivity index (χ4n) is 9.32. The molecule has 0 unspecified atom stereocenters. The van der Waals surface area contributed by atoms with Crippen molar-refractivity contribution in [2.24, 2.45) is 0 Å². The average molecular weight is 1020 g/mol. The highest BCUT2D eigenvalue weighted by Gasteiger charge is 2.46. The zero-order valence-electron chi connectivity index (χ0n) is 37.3. The molecule has 362 valence electrons. The Morgan fingerprint density at radius 2 is 1.46 bits per heavy atom. The lowest BCUT2D eigenvalue weighted by Gasteiger charge is -2.27. The molecule has 3 aliphatic heterocycles. The lowest BCUT2D eigenvalue weighted by Crippen LogP contribution is -2.32. The monoisotopic (exact) mass is 1010 g/mol. The molecule has 0 aromatic heterocycles. The van der Waals surface area contributed by atoms with Crippen LogP contribution in [0.4, 0.5) is 11.4 Å². The van der Waals surface area contributed by atoms with Crippen LogP contribution >= 0.6 is 24.1 Å². The molecule has 4 aromatic carbocycles. The van der Waals surface area contributed by atoms with Gasteiger partial charge in [0, 0.05) is 75.5 Å². The predicted octanol–water partition coefficient (Wildman–Crippen LogP) is 8.70. The molecule has 2 amide bonds. The predicted molar refractivity (Wildman–Crippen MR) is 250 cm³/mol. The molecule has 7 rings (SSSR count). The van der Waals surface area contributed by atoms with Crippen molar-refractivity contribution in [2.45, 2.75) is 104 Å². The first-order valence-electron chi connectivity index (χ1n) is 21.2. The lowest BCUT2D eigenvalue weighted by atomic mass is 9.79. The number of amides is 2. The maximum Gasteiger partial charge on any atom is 0.333 e. The van der Waals surface area contributed by atoms with Crippen molar-refractivity contribution < 1.29 is 79.0 Å². The number of allylic oxidation sites excluding steroid dienone is 6. The smallest absolute Gasteiger partial charge is 0.333 e. The zero-order valence-corrected chi connectivity index (χ0v) is 40.6. The van der Waals surface area contributed by atoms with E-state index in [1.54, 1.807) is 18.2 Å². The summed E-state index contributed by atoms with van der Waals surface area (Å²) < 4.78 is 82.0. The zero-order chi connectivity index (χ0) is 49.3. The van der Waals surface area contributed by atoms with Gasteiger partial charge in [0.15, 0.2) is 5.71 Å². The Hall–Kier alpha value is -5.02. The highest BCUT2D eigenvalue weighted by molar-refractivity contribution is 7.95. The van der Waals surface area contributed by atoms with Crippen molar-refractivity contribution >= 4 is 101 Å². The second-order valence-corrected chi connectivity index (χ2v) is 21.4. The Bertz CT molecular complexity index is 3060. The maximum absolute atomic E-state index is 12.6. The first-order valence-corrected chi connectivity index (χ1v) is 25.5. The summed E-state index contributed by atoms with van der Waals surface area (Å²) in [6.07, 6.45) is 11.0. The molecule has 3 heterocycles. The molecule has 0 bridgehead atoms. The van der Waals surface area contributed by atoms with Crippen LogP contribution in [0.25, 0.3) is 21.5 Å². The van der Waals surface area contributed by atoms with Gasteiger partial charge in [-0.1, -0.05) is 54.6 Å². The van der Waals surface area contributed by atoms with Gasteiger partial charge in [0.05, 0.1) is 34.4 Å². The highest BCUT2D eigenvalue weighted by atomic mass is 32.2. The number of carbonyl (C=O) groups excluding carboxylic acids is 3. The van der Waals surface area contributed by atoms with Crippen molar-refractivity contribution in [1.29, 1.82) is 0 Å². The molecule has 19 nitrogen and oxygen atoms in total. The number of fused-ring (bicyclic) bond motifs is 6. The summed E-state index contributed by atoms with van der Waals surface area (Å²) in [5.74, 6) is -1.81. The fraction of sp³-hybridized carbons (Fsp3) is 0.333. The average Bonchev–Trinajstić information content (AvgIpc) is 3.80. The summed E-state index contributed by atoms with van der Waals surface area (Å²) >= 11 is 1.13. The molecule has 68 heavy (non-hydrogen) atoms. The normalized spacial score (nSPS) is 17.6. The number of anilines is 1. The van der Waals surface area contributed by atoms with E-state index in [0.29, 0.717) is 83.0 Å². The standard InChI is InChI=1S/C45H47N3O16S4/c1-6-46-33-19-17-30-31(23-27(65-63-61-52)24-36(30)68(57,58)59)42(33)44(2,3)37(46)13-9-7-10-14-38-45(4,5)43-32-25-28(67(54,55)56)26-35(66-64-62-53)29(32)16-18-34(43)47(38)22-12-8-11-15-41(51)60-48-39(49)20-21-40(48)50/h7,9-10,13-14,16-19,23-26H,6,8,11-12,15,20-22H2,1-5H3,(H3-,52,53,54,55,56,57,58,59)/p+1. The minimum atomic E-state index is -4.70. The number of benzene rings is 4. The van der Waals surface area contributed by atoms with Crippen LogP contribution in [0.2, 0.25) is 0 Å². The van der Waals surface area contributed by atoms with E-state index in [1.807, 2.05) is 77.1 Å². The number of hydrogen-bond donors (Lipinski definition) is 4. The SMILES string of the molecule is CC[N+]1=C(C=CC=CC=C2N(CCCCCC(=O)ON3C(=O)CCC3=O)c3ccc4c(SOOO)cc(S(=O)(=O)O)cc4c3C2(C)C)C(C)(C)c2c1ccc1c(S(=O)(=O)O)cc(SOOO)cc21. The molecule has 0 aliphatic carbocycles. The van der Waals surface area contributed by atoms with Crippen molar-refractivity contribution in [1.82, 2.24) is 5.06 Å². The summed E-state index contributed by atoms with van der Waals surface area (Å²) in [5, 5.41) is 27.7. The van der Waals surface area contributed by atoms with E-state index in [-0.39, 0.29) is 33.9 Å². The van der Waals surface area contributed by atoms with E-state index in [0.717, 1.165) is 33.9 Å². The first-order chi connectivity index (χ1) is 32.1. The number of carbonyl (C=O) groups is 3. The quantitative estimate of drug-likeness (QED) is 0.0100. The van der Waals surface area contributed by atoms with Crippen molar-refractivity contribution in [3.63, 3.8) is 0 Å². The van der Waals surface area contributed by atoms with Crippen LogP contribution < -0.4 is 4.90 Å². The molecule has 4 aromatic rings. The van der Waals surface area contributed by atoms with Crippen LogP contribution in [0.3, 0.4) is 0 Å². The van der Waals surface area contributed by atoms with E-state index in [9.17, 15) is 40.3 Å². The molecule has 23 heteroatoms. The summed E-state index contributed by atoms with van der Waals surface area (Å²) in [5.41, 5.74) is 3.37. The Labute approximate surface area is 400 Å². The van der Waals surface area contributed by atoms with Crippen molar-refractivity contribution in [3.8, 4) is 0 Å². The maximum atomic E-state index is 12.6. The van der Waals surface area contributed by atoms with Gasteiger partial charge >= 0.3 is 5.97 Å². The van der Waals surface area contributed by atoms with Gasteiger partial charge in [-0.15, -0.1) is 13.7 Å². The van der Waals surface area contributed by atoms with Crippen LogP contribution in [0.5, 0.6) is 0 Å². The summed E-state index contributed by atoms with van der Waals surface area (Å²) in [7, 11) is -9.38. The topological polar surface area (TPSA) is 256 Å². The molecule has 0 radical (unpaired) electrons. The number of hydrogen-bond acceptors (Lipinski definition) is 17. The Balaban J connectivity index is 1.21. The lowest BCUT2D eigenvalue weighted by molar-refractivity contribution is -0.433. The van der Waals surface area contributed by atoms with Gasteiger partial charge in [-0.25, -0.2) is 15.3 Å². The van der Waals surface area contributed by atoms with Crippen molar-refractivity contribution in [3.05, 3.63) is 95.7 Å². The van der Waals surface area contributed by atoms with Gasteiger partial charge in [0.2, 0.25) is 5.69 Å². The van der Waals surface area contributed by atoms with Crippen LogP contribution in [-0.2, 0) is 69.0 Å². The van der Waals surface area contributed by atoms with Gasteiger partial charge < -0.3 is 9.74 Å². The molecule has 1 fully saturated rings. The van der Waals surface area contributed by atoms with E-state index in [2.05, 4.69) is 23.9 Å². The number of rotatable bonds is 19. The molecule has 3 aliphatic rings. The third kappa shape index (κ3) is 10.0. The van der Waals surface area contributed by atoms with Crippen LogP contribution in [0, 0.1) is 0 Å². The Morgan fingerprint density at radius 1 is 0.779 bits per heavy atom. The van der Waals surface area contributed by atoms with E-state index < -0.39 is 53.7 Å². The molecular formula is C45H48N3O16S4+. The molecule has 1 saturated heterocycles. The minimum Gasteiger partial charge on any atom is -0.344 e. The third-order valence-corrected chi connectivity index (χ3v) is 15.1. The number of imide groups is 1. The van der Waals surface area contributed by atoms with Gasteiger partial charge in [-0.3, -0.25) is 18.7 Å². The number of unbranched alkanes of at least 4 members (excludes halogenated alkanes) is 2. The van der Waals surface area contributed by atoms with Gasteiger partial charge in [0.1, 0.15) is 11.4 Å². The van der Waals surface area contributed by atoms with E-state index in [1.165, 1.54) is 18.2 Å².